The molecule has 0 bridgehead atoms. The van der Waals surface area contributed by atoms with Crippen LogP contribution in [0.3, 0.4) is 0 Å². The second kappa shape index (κ2) is 8.19. The molecule has 0 aliphatic rings. The molecule has 136 valence electrons. The highest BCUT2D eigenvalue weighted by atomic mass is 35.5. The fraction of sp³-hybridized carbons (Fsp3) is 0.158. The van der Waals surface area contributed by atoms with Crippen molar-refractivity contribution in [2.75, 3.05) is 0 Å². The average molecular weight is 383 g/mol. The van der Waals surface area contributed by atoms with Crippen LogP contribution in [-0.2, 0) is 15.7 Å². The van der Waals surface area contributed by atoms with Crippen LogP contribution in [0.5, 0.6) is 0 Å². The average Bonchev–Trinajstić information content (AvgIpc) is 2.59. The number of esters is 1. The Balaban J connectivity index is 2.00. The Morgan fingerprint density at radius 2 is 1.77 bits per heavy atom. The van der Waals surface area contributed by atoms with Gasteiger partial charge in [-0.3, -0.25) is 4.79 Å². The number of carbonyl (C=O) groups excluding carboxylic acids is 2. The lowest BCUT2D eigenvalue weighted by Crippen LogP contribution is -2.23. The first-order valence-electron chi connectivity index (χ1n) is 7.52. The van der Waals surface area contributed by atoms with Gasteiger partial charge < -0.3 is 4.74 Å². The van der Waals surface area contributed by atoms with E-state index >= 15 is 0 Å². The van der Waals surface area contributed by atoms with Crippen LogP contribution in [0.4, 0.5) is 13.2 Å². The Morgan fingerprint density at radius 3 is 2.38 bits per heavy atom. The van der Waals surface area contributed by atoms with Crippen molar-refractivity contribution in [2.45, 2.75) is 19.2 Å². The molecule has 1 atom stereocenters. The molecule has 0 radical (unpaired) electrons. The van der Waals surface area contributed by atoms with Crippen molar-refractivity contribution in [1.29, 1.82) is 0 Å². The van der Waals surface area contributed by atoms with Gasteiger partial charge in [-0.2, -0.15) is 13.2 Å². The van der Waals surface area contributed by atoms with E-state index in [2.05, 4.69) is 0 Å². The molecule has 0 aliphatic heterocycles. The summed E-state index contributed by atoms with van der Waals surface area (Å²) in [5.41, 5.74) is -0.302. The minimum Gasteiger partial charge on any atom is -0.451 e. The second-order valence-electron chi connectivity index (χ2n) is 5.41. The maximum absolute atomic E-state index is 12.7. The van der Waals surface area contributed by atoms with Crippen LogP contribution in [0.1, 0.15) is 28.4 Å². The number of rotatable bonds is 5. The fourth-order valence-corrected chi connectivity index (χ4v) is 2.22. The van der Waals surface area contributed by atoms with Crippen molar-refractivity contribution >= 4 is 29.4 Å². The van der Waals surface area contributed by atoms with Gasteiger partial charge in [0.05, 0.1) is 5.56 Å². The maximum Gasteiger partial charge on any atom is 0.416 e. The summed E-state index contributed by atoms with van der Waals surface area (Å²) in [5.74, 6) is -1.25. The molecule has 0 aromatic heterocycles. The normalized spacial score (nSPS) is 12.8. The van der Waals surface area contributed by atoms with Crippen LogP contribution in [0.15, 0.2) is 54.6 Å². The third kappa shape index (κ3) is 5.46. The van der Waals surface area contributed by atoms with Crippen LogP contribution < -0.4 is 0 Å². The van der Waals surface area contributed by atoms with Gasteiger partial charge in [0.25, 0.3) is 0 Å². The number of carbonyl (C=O) groups is 2. The molecule has 0 unspecified atom stereocenters. The van der Waals surface area contributed by atoms with Crippen molar-refractivity contribution in [2.24, 2.45) is 0 Å². The van der Waals surface area contributed by atoms with Gasteiger partial charge in [-0.15, -0.1) is 0 Å². The van der Waals surface area contributed by atoms with Crippen LogP contribution in [-0.4, -0.2) is 17.9 Å². The summed E-state index contributed by atoms with van der Waals surface area (Å²) in [6.45, 7) is 1.41. The second-order valence-corrected chi connectivity index (χ2v) is 5.84. The number of ketones is 1. The van der Waals surface area contributed by atoms with Crippen molar-refractivity contribution in [3.63, 3.8) is 0 Å². The van der Waals surface area contributed by atoms with E-state index in [-0.39, 0.29) is 5.56 Å². The summed E-state index contributed by atoms with van der Waals surface area (Å²) in [5, 5.41) is 0.468. The molecule has 0 heterocycles. The number of benzene rings is 2. The minimum absolute atomic E-state index is 0.188. The van der Waals surface area contributed by atoms with Gasteiger partial charge in [0.15, 0.2) is 6.10 Å². The molecule has 2 aromatic carbocycles. The minimum atomic E-state index is -4.47. The molecule has 0 amide bonds. The molecular formula is C19H14ClF3O3. The highest BCUT2D eigenvalue weighted by Crippen LogP contribution is 2.29. The Hall–Kier alpha value is -2.60. The number of alkyl halides is 3. The van der Waals surface area contributed by atoms with Crippen molar-refractivity contribution < 1.29 is 27.5 Å². The number of Topliss-reactive ketones (excluding diaryl/α,β-unsaturated/α-hetero) is 1. The fourth-order valence-electron chi connectivity index (χ4n) is 2.10. The van der Waals surface area contributed by atoms with E-state index in [0.717, 1.165) is 18.2 Å². The first-order chi connectivity index (χ1) is 12.2. The Morgan fingerprint density at radius 1 is 1.12 bits per heavy atom. The molecule has 0 spiro atoms. The third-order valence-corrected chi connectivity index (χ3v) is 3.67. The molecule has 3 nitrogen and oxygen atoms in total. The number of hydrogen-bond acceptors (Lipinski definition) is 3. The van der Waals surface area contributed by atoms with Crippen LogP contribution in [0, 0.1) is 0 Å². The molecule has 2 rings (SSSR count). The predicted molar refractivity (Wildman–Crippen MR) is 91.8 cm³/mol. The molecule has 0 saturated heterocycles. The standard InChI is InChI=1S/C19H14ClF3O3/c1-12(18(25)14-6-8-16(20)9-7-14)26-17(24)10-5-13-3-2-4-15(11-13)19(21,22)23/h2-12H,1H3/b10-5+/t12-/m1/s1. The monoisotopic (exact) mass is 382 g/mol. The highest BCUT2D eigenvalue weighted by molar-refractivity contribution is 6.30. The van der Waals surface area contributed by atoms with Crippen LogP contribution in [0.25, 0.3) is 6.08 Å². The Kier molecular flexibility index (Phi) is 6.21. The summed E-state index contributed by atoms with van der Waals surface area (Å²) in [7, 11) is 0. The summed E-state index contributed by atoms with van der Waals surface area (Å²) in [6.07, 6.45) is -3.35. The van der Waals surface area contributed by atoms with Gasteiger partial charge in [0.1, 0.15) is 0 Å². The van der Waals surface area contributed by atoms with Gasteiger partial charge in [0.2, 0.25) is 5.78 Å². The Labute approximate surface area is 153 Å². The lowest BCUT2D eigenvalue weighted by atomic mass is 10.1. The van der Waals surface area contributed by atoms with Crippen molar-refractivity contribution in [3.8, 4) is 0 Å². The van der Waals surface area contributed by atoms with E-state index in [1.165, 1.54) is 49.4 Å². The number of ether oxygens (including phenoxy) is 1. The van der Waals surface area contributed by atoms with E-state index in [9.17, 15) is 22.8 Å². The molecular weight excluding hydrogens is 369 g/mol. The quantitative estimate of drug-likeness (QED) is 0.406. The first kappa shape index (κ1) is 19.7. The zero-order valence-electron chi connectivity index (χ0n) is 13.6. The summed E-state index contributed by atoms with van der Waals surface area (Å²) in [4.78, 5) is 23.9. The van der Waals surface area contributed by atoms with Crippen molar-refractivity contribution in [3.05, 3.63) is 76.3 Å². The van der Waals surface area contributed by atoms with Gasteiger partial charge in [-0.1, -0.05) is 23.7 Å². The largest absolute Gasteiger partial charge is 0.451 e. The van der Waals surface area contributed by atoms with Crippen LogP contribution >= 0.6 is 11.6 Å². The van der Waals surface area contributed by atoms with Gasteiger partial charge >= 0.3 is 12.1 Å². The molecule has 2 aromatic rings. The predicted octanol–water partition coefficient (Wildman–Crippen LogP) is 5.19. The molecule has 0 saturated carbocycles. The van der Waals surface area contributed by atoms with Gasteiger partial charge in [0, 0.05) is 16.7 Å². The van der Waals surface area contributed by atoms with E-state index in [1.807, 2.05) is 0 Å². The van der Waals surface area contributed by atoms with E-state index in [0.29, 0.717) is 10.6 Å². The molecule has 7 heteroatoms. The smallest absolute Gasteiger partial charge is 0.416 e. The van der Waals surface area contributed by atoms with Crippen molar-refractivity contribution in [1.82, 2.24) is 0 Å². The molecule has 26 heavy (non-hydrogen) atoms. The molecule has 0 fully saturated rings. The highest BCUT2D eigenvalue weighted by Gasteiger charge is 2.30. The van der Waals surface area contributed by atoms with Gasteiger partial charge in [-0.05, 0) is 55.0 Å². The zero-order chi connectivity index (χ0) is 19.3. The summed E-state index contributed by atoms with van der Waals surface area (Å²) < 4.78 is 42.9. The number of hydrogen-bond donors (Lipinski definition) is 0. The lowest BCUT2D eigenvalue weighted by Gasteiger charge is -2.11. The lowest BCUT2D eigenvalue weighted by molar-refractivity contribution is -0.140. The zero-order valence-corrected chi connectivity index (χ0v) is 14.3. The topological polar surface area (TPSA) is 43.4 Å². The van der Waals surface area contributed by atoms with Gasteiger partial charge in [-0.25, -0.2) is 4.79 Å². The van der Waals surface area contributed by atoms with E-state index in [4.69, 9.17) is 16.3 Å². The molecule has 0 N–H and O–H groups in total. The van der Waals surface area contributed by atoms with E-state index < -0.39 is 29.6 Å². The number of halogens is 4. The summed E-state index contributed by atoms with van der Waals surface area (Å²) in [6, 6.07) is 10.6. The van der Waals surface area contributed by atoms with Crippen LogP contribution in [0.2, 0.25) is 5.02 Å². The van der Waals surface area contributed by atoms with E-state index in [1.54, 1.807) is 0 Å². The Bertz CT molecular complexity index is 827. The SMILES string of the molecule is C[C@@H](OC(=O)/C=C/c1cccc(C(F)(F)F)c1)C(=O)c1ccc(Cl)cc1. The third-order valence-electron chi connectivity index (χ3n) is 3.42. The summed E-state index contributed by atoms with van der Waals surface area (Å²) >= 11 is 5.74. The maximum atomic E-state index is 12.7. The first-order valence-corrected chi connectivity index (χ1v) is 7.90. The molecule has 0 aliphatic carbocycles.